The molecule has 0 aliphatic heterocycles. The number of thioether (sulfide) groups is 1. The lowest BCUT2D eigenvalue weighted by molar-refractivity contribution is 0.198. The van der Waals surface area contributed by atoms with E-state index in [-0.39, 0.29) is 0 Å². The molecule has 1 fully saturated rings. The Morgan fingerprint density at radius 2 is 2.00 bits per heavy atom. The summed E-state index contributed by atoms with van der Waals surface area (Å²) in [5, 5.41) is 11.1. The summed E-state index contributed by atoms with van der Waals surface area (Å²) in [7, 11) is 3.26. The van der Waals surface area contributed by atoms with Crippen LogP contribution in [0.2, 0.25) is 0 Å². The molecule has 0 aromatic heterocycles. The van der Waals surface area contributed by atoms with Crippen LogP contribution in [-0.4, -0.2) is 30.3 Å². The fraction of sp³-hybridized carbons (Fsp3) is 0.600. The molecule has 19 heavy (non-hydrogen) atoms. The molecule has 1 atom stereocenters. The van der Waals surface area contributed by atoms with E-state index in [2.05, 4.69) is 0 Å². The Labute approximate surface area is 119 Å². The third-order valence-corrected chi connectivity index (χ3v) is 5.04. The molecule has 106 valence electrons. The summed E-state index contributed by atoms with van der Waals surface area (Å²) in [5.74, 6) is 2.19. The number of aliphatic hydroxyl groups is 1. The lowest BCUT2D eigenvalue weighted by Crippen LogP contribution is -2.07. The zero-order valence-corrected chi connectivity index (χ0v) is 12.4. The number of ether oxygens (including phenoxy) is 2. The molecule has 1 N–H and O–H groups in total. The highest BCUT2D eigenvalue weighted by Crippen LogP contribution is 2.35. The van der Waals surface area contributed by atoms with Gasteiger partial charge >= 0.3 is 0 Å². The molecule has 1 aliphatic carbocycles. The highest BCUT2D eigenvalue weighted by Gasteiger charge is 2.19. The largest absolute Gasteiger partial charge is 0.497 e. The van der Waals surface area contributed by atoms with Crippen molar-refractivity contribution < 1.29 is 14.6 Å². The second-order valence-corrected chi connectivity index (χ2v) is 6.20. The SMILES string of the molecule is COc1ccc(OC)c(C(O)CSC2CCCC2)c1. The summed E-state index contributed by atoms with van der Waals surface area (Å²) >= 11 is 1.87. The molecule has 1 aromatic rings. The molecule has 0 heterocycles. The molecular formula is C15H22O3S. The zero-order chi connectivity index (χ0) is 13.7. The van der Waals surface area contributed by atoms with Gasteiger partial charge in [-0.2, -0.15) is 11.8 Å². The van der Waals surface area contributed by atoms with E-state index >= 15 is 0 Å². The summed E-state index contributed by atoms with van der Waals surface area (Å²) in [6, 6.07) is 5.55. The summed E-state index contributed by atoms with van der Waals surface area (Å²) in [5.41, 5.74) is 0.812. The maximum Gasteiger partial charge on any atom is 0.124 e. The van der Waals surface area contributed by atoms with Gasteiger partial charge in [0.15, 0.2) is 0 Å². The van der Waals surface area contributed by atoms with E-state index in [1.54, 1.807) is 14.2 Å². The van der Waals surface area contributed by atoms with Crippen LogP contribution in [0.4, 0.5) is 0 Å². The van der Waals surface area contributed by atoms with Crippen LogP contribution in [0.15, 0.2) is 18.2 Å². The number of hydrogen-bond donors (Lipinski definition) is 1. The summed E-state index contributed by atoms with van der Waals surface area (Å²) in [6.45, 7) is 0. The molecule has 0 saturated heterocycles. The first-order valence-corrected chi connectivity index (χ1v) is 7.81. The summed E-state index contributed by atoms with van der Waals surface area (Å²) < 4.78 is 10.5. The van der Waals surface area contributed by atoms with Gasteiger partial charge in [0.25, 0.3) is 0 Å². The topological polar surface area (TPSA) is 38.7 Å². The van der Waals surface area contributed by atoms with Crippen LogP contribution in [0.1, 0.15) is 37.4 Å². The minimum absolute atomic E-state index is 0.504. The van der Waals surface area contributed by atoms with E-state index in [0.717, 1.165) is 17.1 Å². The standard InChI is InChI=1S/C15H22O3S/c1-17-11-7-8-15(18-2)13(9-11)14(16)10-19-12-5-3-4-6-12/h7-9,12,14,16H,3-6,10H2,1-2H3. The maximum absolute atomic E-state index is 10.4. The van der Waals surface area contributed by atoms with Crippen molar-refractivity contribution >= 4 is 11.8 Å². The third kappa shape index (κ3) is 3.80. The van der Waals surface area contributed by atoms with Gasteiger partial charge in [0, 0.05) is 16.6 Å². The highest BCUT2D eigenvalue weighted by molar-refractivity contribution is 7.99. The van der Waals surface area contributed by atoms with Crippen molar-refractivity contribution in [3.8, 4) is 11.5 Å². The Bertz CT molecular complexity index is 402. The Balaban J connectivity index is 2.01. The van der Waals surface area contributed by atoms with Crippen molar-refractivity contribution in [1.82, 2.24) is 0 Å². The second kappa shape index (κ2) is 7.06. The summed E-state index contributed by atoms with van der Waals surface area (Å²) in [4.78, 5) is 0. The average molecular weight is 282 g/mol. The molecule has 4 heteroatoms. The quantitative estimate of drug-likeness (QED) is 0.868. The number of rotatable bonds is 6. The van der Waals surface area contributed by atoms with E-state index in [0.29, 0.717) is 11.0 Å². The minimum Gasteiger partial charge on any atom is -0.497 e. The van der Waals surface area contributed by atoms with Crippen LogP contribution in [-0.2, 0) is 0 Å². The average Bonchev–Trinajstić information content (AvgIpc) is 2.97. The van der Waals surface area contributed by atoms with Crippen molar-refractivity contribution in [3.63, 3.8) is 0 Å². The smallest absolute Gasteiger partial charge is 0.124 e. The van der Waals surface area contributed by atoms with Crippen LogP contribution in [0, 0.1) is 0 Å². The number of methoxy groups -OCH3 is 2. The van der Waals surface area contributed by atoms with Gasteiger partial charge in [-0.25, -0.2) is 0 Å². The van der Waals surface area contributed by atoms with Gasteiger partial charge < -0.3 is 14.6 Å². The Morgan fingerprint density at radius 1 is 1.26 bits per heavy atom. The van der Waals surface area contributed by atoms with Gasteiger partial charge in [-0.1, -0.05) is 12.8 Å². The molecule has 0 radical (unpaired) electrons. The molecular weight excluding hydrogens is 260 g/mol. The van der Waals surface area contributed by atoms with Crippen molar-refractivity contribution in [2.75, 3.05) is 20.0 Å². The molecule has 0 amide bonds. The number of benzene rings is 1. The zero-order valence-electron chi connectivity index (χ0n) is 11.6. The molecule has 1 saturated carbocycles. The van der Waals surface area contributed by atoms with Gasteiger partial charge in [-0.3, -0.25) is 0 Å². The minimum atomic E-state index is -0.504. The fourth-order valence-corrected chi connectivity index (χ4v) is 3.77. The first-order chi connectivity index (χ1) is 9.24. The molecule has 0 bridgehead atoms. The second-order valence-electron chi connectivity index (χ2n) is 4.86. The Morgan fingerprint density at radius 3 is 2.63 bits per heavy atom. The van der Waals surface area contributed by atoms with E-state index < -0.39 is 6.10 Å². The van der Waals surface area contributed by atoms with Gasteiger partial charge in [0.05, 0.1) is 20.3 Å². The third-order valence-electron chi connectivity index (χ3n) is 3.59. The molecule has 1 aliphatic rings. The van der Waals surface area contributed by atoms with Crippen molar-refractivity contribution in [2.24, 2.45) is 0 Å². The van der Waals surface area contributed by atoms with Gasteiger partial charge in [0.1, 0.15) is 11.5 Å². The van der Waals surface area contributed by atoms with E-state index in [9.17, 15) is 5.11 Å². The van der Waals surface area contributed by atoms with Gasteiger partial charge in [-0.15, -0.1) is 0 Å². The highest BCUT2D eigenvalue weighted by atomic mass is 32.2. The monoisotopic (exact) mass is 282 g/mol. The van der Waals surface area contributed by atoms with Crippen LogP contribution in [0.3, 0.4) is 0 Å². The van der Waals surface area contributed by atoms with Crippen LogP contribution < -0.4 is 9.47 Å². The lowest BCUT2D eigenvalue weighted by Gasteiger charge is -2.17. The van der Waals surface area contributed by atoms with Crippen LogP contribution >= 0.6 is 11.8 Å². The lowest BCUT2D eigenvalue weighted by atomic mass is 10.1. The van der Waals surface area contributed by atoms with Crippen molar-refractivity contribution in [1.29, 1.82) is 0 Å². The number of hydrogen-bond acceptors (Lipinski definition) is 4. The van der Waals surface area contributed by atoms with Crippen molar-refractivity contribution in [2.45, 2.75) is 37.0 Å². The first kappa shape index (κ1) is 14.5. The maximum atomic E-state index is 10.4. The number of aliphatic hydroxyl groups excluding tert-OH is 1. The van der Waals surface area contributed by atoms with E-state index in [4.69, 9.17) is 9.47 Å². The predicted octanol–water partition coefficient (Wildman–Crippen LogP) is 3.41. The summed E-state index contributed by atoms with van der Waals surface area (Å²) in [6.07, 6.45) is 4.72. The predicted molar refractivity (Wildman–Crippen MR) is 79.2 cm³/mol. The Kier molecular flexibility index (Phi) is 5.40. The molecule has 1 aromatic carbocycles. The molecule has 2 rings (SSSR count). The first-order valence-electron chi connectivity index (χ1n) is 6.76. The Hall–Kier alpha value is -0.870. The molecule has 1 unspecified atom stereocenters. The normalized spacial score (nSPS) is 17.4. The van der Waals surface area contributed by atoms with Gasteiger partial charge in [-0.05, 0) is 31.0 Å². The van der Waals surface area contributed by atoms with Gasteiger partial charge in [0.2, 0.25) is 0 Å². The molecule has 0 spiro atoms. The van der Waals surface area contributed by atoms with Crippen molar-refractivity contribution in [3.05, 3.63) is 23.8 Å². The van der Waals surface area contributed by atoms with E-state index in [1.165, 1.54) is 25.7 Å². The molecule has 3 nitrogen and oxygen atoms in total. The van der Waals surface area contributed by atoms with Crippen LogP contribution in [0.5, 0.6) is 11.5 Å². The van der Waals surface area contributed by atoms with E-state index in [1.807, 2.05) is 30.0 Å². The van der Waals surface area contributed by atoms with Crippen LogP contribution in [0.25, 0.3) is 0 Å². The fourth-order valence-electron chi connectivity index (χ4n) is 2.47.